The Morgan fingerprint density at radius 1 is 1.15 bits per heavy atom. The largest absolute Gasteiger partial charge is 0.507 e. The predicted octanol–water partition coefficient (Wildman–Crippen LogP) is 5.23. The summed E-state index contributed by atoms with van der Waals surface area (Å²) in [6, 6.07) is 5.36. The molecule has 0 atom stereocenters. The van der Waals surface area contributed by atoms with Crippen molar-refractivity contribution in [2.24, 2.45) is 0 Å². The van der Waals surface area contributed by atoms with Gasteiger partial charge in [0.2, 0.25) is 0 Å². The Hall–Kier alpha value is -2.06. The topological polar surface area (TPSA) is 78.2 Å². The number of nitrogens with zero attached hydrogens (tertiary/aromatic N) is 1. The second kappa shape index (κ2) is 8.31. The van der Waals surface area contributed by atoms with Gasteiger partial charge in [0.05, 0.1) is 5.75 Å². The Kier molecular flexibility index (Phi) is 7.07. The molecule has 0 spiro atoms. The fourth-order valence-corrected chi connectivity index (χ4v) is 3.98. The maximum Gasteiger partial charge on any atom is 0.188 e. The molecule has 0 aliphatic rings. The third-order valence-electron chi connectivity index (χ3n) is 4.31. The van der Waals surface area contributed by atoms with E-state index >= 15 is 0 Å². The van der Waals surface area contributed by atoms with Crippen molar-refractivity contribution in [3.63, 3.8) is 0 Å². The van der Waals surface area contributed by atoms with E-state index in [0.717, 1.165) is 11.1 Å². The molecular formula is C22H31NO3S. The number of allylic oxidation sites excluding steroid dienone is 2. The summed E-state index contributed by atoms with van der Waals surface area (Å²) in [6.07, 6.45) is 4.09. The van der Waals surface area contributed by atoms with Crippen LogP contribution in [0.4, 0.5) is 0 Å². The smallest absolute Gasteiger partial charge is 0.188 e. The Morgan fingerprint density at radius 2 is 1.63 bits per heavy atom. The molecule has 0 unspecified atom stereocenters. The number of nitriles is 1. The lowest BCUT2D eigenvalue weighted by Crippen LogP contribution is -2.17. The number of rotatable bonds is 6. The molecule has 0 aliphatic carbocycles. The number of hydrogen-bond donors (Lipinski definition) is 1. The van der Waals surface area contributed by atoms with Crippen LogP contribution in [0.2, 0.25) is 0 Å². The summed E-state index contributed by atoms with van der Waals surface area (Å²) < 4.78 is 25.0. The number of unbranched alkanes of at least 4 members (excludes halogenated alkanes) is 1. The first-order valence-electron chi connectivity index (χ1n) is 9.07. The van der Waals surface area contributed by atoms with Crippen LogP contribution in [0.25, 0.3) is 6.08 Å². The van der Waals surface area contributed by atoms with Gasteiger partial charge in [0.15, 0.2) is 9.84 Å². The highest BCUT2D eigenvalue weighted by Gasteiger charge is 2.27. The van der Waals surface area contributed by atoms with Crippen LogP contribution in [0.1, 0.15) is 71.1 Å². The van der Waals surface area contributed by atoms with E-state index in [1.807, 2.05) is 47.6 Å². The SMILES string of the molecule is C=CCCCS(=O)(=O)/C(C#N)=C\c1cc(C(C)(C)C)c(O)c(C(C)(C)C)c1. The van der Waals surface area contributed by atoms with E-state index in [1.165, 1.54) is 6.08 Å². The Bertz CT molecular complexity index is 839. The minimum atomic E-state index is -3.66. The Balaban J connectivity index is 3.59. The summed E-state index contributed by atoms with van der Waals surface area (Å²) >= 11 is 0. The molecule has 5 heteroatoms. The van der Waals surface area contributed by atoms with E-state index < -0.39 is 9.84 Å². The zero-order chi connectivity index (χ0) is 21.0. The van der Waals surface area contributed by atoms with Crippen LogP contribution in [-0.4, -0.2) is 19.3 Å². The second-order valence-corrected chi connectivity index (χ2v) is 10.9. The molecule has 27 heavy (non-hydrogen) atoms. The molecule has 0 heterocycles. The first-order valence-corrected chi connectivity index (χ1v) is 10.7. The zero-order valence-corrected chi connectivity index (χ0v) is 18.1. The van der Waals surface area contributed by atoms with Crippen LogP contribution in [-0.2, 0) is 20.7 Å². The minimum Gasteiger partial charge on any atom is -0.507 e. The normalized spacial score (nSPS) is 13.3. The van der Waals surface area contributed by atoms with Crippen molar-refractivity contribution in [2.45, 2.75) is 65.2 Å². The lowest BCUT2D eigenvalue weighted by Gasteiger charge is -2.28. The van der Waals surface area contributed by atoms with Crippen molar-refractivity contribution in [1.29, 1.82) is 5.26 Å². The standard InChI is InChI=1S/C22H31NO3S/c1-8-9-10-11-27(25,26)17(15-23)12-16-13-18(21(2,3)4)20(24)19(14-16)22(5,6)7/h8,12-14,24H,1,9-11H2,2-7H3/b17-12-. The number of phenolic OH excluding ortho intramolecular Hbond substituents is 1. The number of sulfone groups is 1. The van der Waals surface area contributed by atoms with E-state index in [4.69, 9.17) is 0 Å². The highest BCUT2D eigenvalue weighted by molar-refractivity contribution is 7.95. The van der Waals surface area contributed by atoms with E-state index in [9.17, 15) is 18.8 Å². The van der Waals surface area contributed by atoms with Gasteiger partial charge in [0, 0.05) is 11.1 Å². The monoisotopic (exact) mass is 389 g/mol. The molecule has 0 radical (unpaired) electrons. The molecule has 4 nitrogen and oxygen atoms in total. The van der Waals surface area contributed by atoms with Crippen molar-refractivity contribution < 1.29 is 13.5 Å². The first kappa shape index (κ1) is 23.0. The molecule has 148 valence electrons. The van der Waals surface area contributed by atoms with Crippen LogP contribution < -0.4 is 0 Å². The summed E-state index contributed by atoms with van der Waals surface area (Å²) in [5.41, 5.74) is 1.39. The van der Waals surface area contributed by atoms with Crippen LogP contribution in [0, 0.1) is 11.3 Å². The van der Waals surface area contributed by atoms with Gasteiger partial charge in [-0.15, -0.1) is 6.58 Å². The maximum absolute atomic E-state index is 12.5. The molecule has 0 aromatic heterocycles. The summed E-state index contributed by atoms with van der Waals surface area (Å²) in [6.45, 7) is 15.5. The lowest BCUT2D eigenvalue weighted by atomic mass is 9.78. The van der Waals surface area contributed by atoms with Gasteiger partial charge in [-0.05, 0) is 47.4 Å². The quantitative estimate of drug-likeness (QED) is 0.410. The Labute approximate surface area is 164 Å². The van der Waals surface area contributed by atoms with E-state index in [0.29, 0.717) is 18.4 Å². The average Bonchev–Trinajstić information content (AvgIpc) is 2.51. The summed E-state index contributed by atoms with van der Waals surface area (Å²) in [4.78, 5) is -0.253. The molecule has 0 saturated carbocycles. The molecule has 1 N–H and O–H groups in total. The van der Waals surface area contributed by atoms with Gasteiger partial charge in [0.1, 0.15) is 16.7 Å². The van der Waals surface area contributed by atoms with Crippen LogP contribution in [0.5, 0.6) is 5.75 Å². The molecule has 0 saturated heterocycles. The molecular weight excluding hydrogens is 358 g/mol. The van der Waals surface area contributed by atoms with Crippen molar-refractivity contribution in [2.75, 3.05) is 5.75 Å². The van der Waals surface area contributed by atoms with Crippen molar-refractivity contribution in [1.82, 2.24) is 0 Å². The summed E-state index contributed by atoms with van der Waals surface area (Å²) in [7, 11) is -3.66. The van der Waals surface area contributed by atoms with E-state index in [2.05, 4.69) is 6.58 Å². The fraction of sp³-hybridized carbons (Fsp3) is 0.500. The van der Waals surface area contributed by atoms with E-state index in [-0.39, 0.29) is 27.2 Å². The number of benzene rings is 1. The number of hydrogen-bond acceptors (Lipinski definition) is 4. The van der Waals surface area contributed by atoms with Gasteiger partial charge < -0.3 is 5.11 Å². The number of aromatic hydroxyl groups is 1. The molecule has 1 aromatic rings. The summed E-state index contributed by atoms with van der Waals surface area (Å²) in [5.74, 6) is 0.133. The molecule has 0 amide bonds. The average molecular weight is 390 g/mol. The van der Waals surface area contributed by atoms with Crippen molar-refractivity contribution >= 4 is 15.9 Å². The molecule has 0 aliphatic heterocycles. The highest BCUT2D eigenvalue weighted by atomic mass is 32.2. The fourth-order valence-electron chi connectivity index (χ4n) is 2.75. The molecule has 0 bridgehead atoms. The highest BCUT2D eigenvalue weighted by Crippen LogP contribution is 2.40. The van der Waals surface area contributed by atoms with Gasteiger partial charge in [-0.3, -0.25) is 0 Å². The third-order valence-corrected chi connectivity index (χ3v) is 6.02. The van der Waals surface area contributed by atoms with Gasteiger partial charge in [0.25, 0.3) is 0 Å². The minimum absolute atomic E-state index is 0.0885. The molecule has 1 aromatic carbocycles. The summed E-state index contributed by atoms with van der Waals surface area (Å²) in [5, 5.41) is 20.2. The molecule has 0 fully saturated rings. The van der Waals surface area contributed by atoms with Crippen molar-refractivity contribution in [3.8, 4) is 11.8 Å². The number of phenols is 1. The van der Waals surface area contributed by atoms with Crippen LogP contribution >= 0.6 is 0 Å². The first-order chi connectivity index (χ1) is 12.2. The lowest BCUT2D eigenvalue weighted by molar-refractivity contribution is 0.423. The van der Waals surface area contributed by atoms with Gasteiger partial charge in [-0.2, -0.15) is 5.26 Å². The molecule has 1 rings (SSSR count). The Morgan fingerprint density at radius 3 is 2.00 bits per heavy atom. The van der Waals surface area contributed by atoms with Crippen LogP contribution in [0.15, 0.2) is 29.7 Å². The van der Waals surface area contributed by atoms with Gasteiger partial charge in [-0.1, -0.05) is 47.6 Å². The van der Waals surface area contributed by atoms with Crippen molar-refractivity contribution in [3.05, 3.63) is 46.4 Å². The second-order valence-electron chi connectivity index (χ2n) is 8.83. The van der Waals surface area contributed by atoms with Gasteiger partial charge in [-0.25, -0.2) is 8.42 Å². The zero-order valence-electron chi connectivity index (χ0n) is 17.3. The third kappa shape index (κ3) is 5.97. The van der Waals surface area contributed by atoms with E-state index in [1.54, 1.807) is 18.2 Å². The maximum atomic E-state index is 12.5. The predicted molar refractivity (Wildman–Crippen MR) is 112 cm³/mol. The van der Waals surface area contributed by atoms with Gasteiger partial charge >= 0.3 is 0 Å². The van der Waals surface area contributed by atoms with Crippen LogP contribution in [0.3, 0.4) is 0 Å².